The summed E-state index contributed by atoms with van der Waals surface area (Å²) >= 11 is 6.14. The molecule has 0 radical (unpaired) electrons. The normalized spacial score (nSPS) is 22.5. The van der Waals surface area contributed by atoms with Crippen molar-refractivity contribution in [2.45, 2.75) is 49.9 Å². The Morgan fingerprint density at radius 1 is 1.14 bits per heavy atom. The predicted molar refractivity (Wildman–Crippen MR) is 125 cm³/mol. The van der Waals surface area contributed by atoms with Gasteiger partial charge >= 0.3 is 12.3 Å². The van der Waals surface area contributed by atoms with Gasteiger partial charge in [0.15, 0.2) is 0 Å². The Labute approximate surface area is 207 Å². The summed E-state index contributed by atoms with van der Waals surface area (Å²) in [4.78, 5) is 21.4. The van der Waals surface area contributed by atoms with Crippen LogP contribution in [0.1, 0.15) is 32.1 Å². The highest BCUT2D eigenvalue weighted by Gasteiger charge is 2.58. The van der Waals surface area contributed by atoms with Gasteiger partial charge in [-0.1, -0.05) is 41.9 Å². The summed E-state index contributed by atoms with van der Waals surface area (Å²) in [7, 11) is 4.60. The number of ether oxygens (including phenoxy) is 1. The Morgan fingerprint density at radius 2 is 1.83 bits per heavy atom. The van der Waals surface area contributed by atoms with Crippen LogP contribution in [0.25, 0.3) is 11.1 Å². The zero-order valence-electron chi connectivity index (χ0n) is 19.5. The van der Waals surface area contributed by atoms with E-state index < -0.39 is 18.2 Å². The molecule has 35 heavy (non-hydrogen) atoms. The quantitative estimate of drug-likeness (QED) is 0.584. The summed E-state index contributed by atoms with van der Waals surface area (Å²) in [6.45, 7) is 0.474. The molecule has 1 N–H and O–H groups in total. The molecule has 1 amide bonds. The number of nitrogens with zero attached hydrogens (tertiary/aromatic N) is 1. The number of alkyl halides is 3. The number of quaternary nitrogens is 1. The fourth-order valence-electron chi connectivity index (χ4n) is 5.14. The molecule has 6 nitrogen and oxygen atoms in total. The molecule has 2 aliphatic heterocycles. The smallest absolute Gasteiger partial charge is 0.430 e. The molecule has 2 aromatic rings. The van der Waals surface area contributed by atoms with Gasteiger partial charge in [0.05, 0.1) is 25.8 Å². The SMILES string of the molecule is C[N+]1(C)C2CCCC1(COC(=O)Nc1ccccc1-c1cccc(Cl)c1)CC2.O=C([O-])C(F)(F)F. The fraction of sp³-hybridized carbons (Fsp3) is 0.440. The first-order valence-electron chi connectivity index (χ1n) is 11.3. The third-order valence-electron chi connectivity index (χ3n) is 7.26. The van der Waals surface area contributed by atoms with Crippen LogP contribution in [0.2, 0.25) is 5.02 Å². The lowest BCUT2D eigenvalue weighted by atomic mass is 9.87. The van der Waals surface area contributed by atoms with Crippen molar-refractivity contribution < 1.29 is 37.1 Å². The lowest BCUT2D eigenvalue weighted by Crippen LogP contribution is -2.63. The number of rotatable bonds is 4. The van der Waals surface area contributed by atoms with E-state index in [4.69, 9.17) is 26.2 Å². The van der Waals surface area contributed by atoms with Gasteiger partial charge in [-0.05, 0) is 36.6 Å². The number of benzene rings is 2. The van der Waals surface area contributed by atoms with Crippen molar-refractivity contribution in [1.29, 1.82) is 0 Å². The number of carboxylic acids is 1. The van der Waals surface area contributed by atoms with Crippen molar-refractivity contribution in [2.75, 3.05) is 26.0 Å². The first-order chi connectivity index (χ1) is 16.4. The lowest BCUT2D eigenvalue weighted by Gasteiger charge is -2.49. The molecule has 10 heteroatoms. The zero-order chi connectivity index (χ0) is 25.9. The van der Waals surface area contributed by atoms with Crippen molar-refractivity contribution in [2.24, 2.45) is 0 Å². The van der Waals surface area contributed by atoms with Crippen LogP contribution < -0.4 is 10.4 Å². The predicted octanol–water partition coefficient (Wildman–Crippen LogP) is 5.02. The number of nitrogens with one attached hydrogen (secondary N) is 1. The van der Waals surface area contributed by atoms with Crippen molar-refractivity contribution in [3.63, 3.8) is 0 Å². The van der Waals surface area contributed by atoms with Crippen LogP contribution >= 0.6 is 11.6 Å². The third-order valence-corrected chi connectivity index (χ3v) is 7.50. The number of amides is 1. The van der Waals surface area contributed by atoms with E-state index in [-0.39, 0.29) is 5.54 Å². The molecule has 2 heterocycles. The Hall–Kier alpha value is -2.78. The van der Waals surface area contributed by atoms with Crippen LogP contribution in [0.15, 0.2) is 48.5 Å². The number of likely N-dealkylation sites (N-methyl/N-ethyl adjacent to an activating group) is 1. The number of carbonyl (C=O) groups excluding carboxylic acids is 2. The van der Waals surface area contributed by atoms with E-state index in [0.29, 0.717) is 17.7 Å². The van der Waals surface area contributed by atoms with Gasteiger partial charge in [0, 0.05) is 29.8 Å². The largest absolute Gasteiger partial charge is 0.542 e. The van der Waals surface area contributed by atoms with Gasteiger partial charge in [-0.3, -0.25) is 5.32 Å². The van der Waals surface area contributed by atoms with E-state index in [1.54, 1.807) is 0 Å². The second-order valence-corrected chi connectivity index (χ2v) is 9.83. The average molecular weight is 513 g/mol. The van der Waals surface area contributed by atoms with Gasteiger partial charge < -0.3 is 19.1 Å². The molecule has 2 aromatic carbocycles. The number of halogens is 4. The summed E-state index contributed by atoms with van der Waals surface area (Å²) in [6.07, 6.45) is 0.427. The molecule has 0 aliphatic carbocycles. The maximum atomic E-state index is 12.6. The van der Waals surface area contributed by atoms with E-state index in [2.05, 4.69) is 19.4 Å². The van der Waals surface area contributed by atoms with Crippen LogP contribution in [0.4, 0.5) is 23.7 Å². The highest BCUT2D eigenvalue weighted by molar-refractivity contribution is 6.30. The molecule has 2 fully saturated rings. The van der Waals surface area contributed by atoms with Gasteiger partial charge in [0.2, 0.25) is 0 Å². The average Bonchev–Trinajstić information content (AvgIpc) is 2.93. The van der Waals surface area contributed by atoms with Crippen molar-refractivity contribution in [3.8, 4) is 11.1 Å². The number of carboxylic acid groups (broad SMARTS) is 1. The molecule has 2 saturated heterocycles. The maximum absolute atomic E-state index is 12.6. The topological polar surface area (TPSA) is 78.5 Å². The Kier molecular flexibility index (Phi) is 8.01. The van der Waals surface area contributed by atoms with Crippen LogP contribution in [-0.2, 0) is 9.53 Å². The first kappa shape index (κ1) is 26.8. The first-order valence-corrected chi connectivity index (χ1v) is 11.6. The molecule has 4 rings (SSSR count). The molecule has 190 valence electrons. The molecule has 0 saturated carbocycles. The minimum Gasteiger partial charge on any atom is -0.542 e. The third kappa shape index (κ3) is 6.08. The number of aliphatic carboxylic acids is 1. The van der Waals surface area contributed by atoms with Gasteiger partial charge in [-0.15, -0.1) is 0 Å². The summed E-state index contributed by atoms with van der Waals surface area (Å²) in [5, 5.41) is 12.4. The van der Waals surface area contributed by atoms with Crippen LogP contribution in [0.5, 0.6) is 0 Å². The molecule has 0 spiro atoms. The van der Waals surface area contributed by atoms with E-state index >= 15 is 0 Å². The number of anilines is 1. The van der Waals surface area contributed by atoms with Gasteiger partial charge in [0.25, 0.3) is 0 Å². The summed E-state index contributed by atoms with van der Waals surface area (Å²) in [5.74, 6) is -3.01. The highest BCUT2D eigenvalue weighted by Crippen LogP contribution is 2.48. The zero-order valence-corrected chi connectivity index (χ0v) is 20.3. The van der Waals surface area contributed by atoms with Crippen LogP contribution in [0, 0.1) is 0 Å². The van der Waals surface area contributed by atoms with Crippen LogP contribution in [-0.4, -0.2) is 55.0 Å². The standard InChI is InChI=1S/C23H27ClN2O2.C2HF3O2/c1-26(2)19-9-6-13-23(26,14-12-19)16-28-22(27)25-21-11-4-3-10-20(21)17-7-5-8-18(24)15-17;3-2(4,5)1(6)7/h3-5,7-8,10-11,15,19H,6,9,12-14,16H2,1-2H3;(H,6,7). The number of fused-ring (bicyclic) bond motifs is 2. The maximum Gasteiger partial charge on any atom is 0.430 e. The molecule has 2 unspecified atom stereocenters. The fourth-order valence-corrected chi connectivity index (χ4v) is 5.33. The van der Waals surface area contributed by atoms with Gasteiger partial charge in [0.1, 0.15) is 18.1 Å². The molecule has 2 atom stereocenters. The molecular weight excluding hydrogens is 485 g/mol. The molecule has 2 aliphatic rings. The van der Waals surface area contributed by atoms with E-state index in [0.717, 1.165) is 34.1 Å². The monoisotopic (exact) mass is 512 g/mol. The van der Waals surface area contributed by atoms with Crippen LogP contribution in [0.3, 0.4) is 0 Å². The summed E-state index contributed by atoms with van der Waals surface area (Å²) in [5.41, 5.74) is 2.68. The second-order valence-electron chi connectivity index (χ2n) is 9.39. The van der Waals surface area contributed by atoms with Gasteiger partial charge in [-0.2, -0.15) is 13.2 Å². The van der Waals surface area contributed by atoms with Crippen molar-refractivity contribution >= 4 is 29.4 Å². The molecule has 0 aromatic heterocycles. The molecular formula is C25H28ClF3N2O4. The highest BCUT2D eigenvalue weighted by atomic mass is 35.5. The minimum absolute atomic E-state index is 0.0622. The minimum atomic E-state index is -5.19. The number of hydrogen-bond acceptors (Lipinski definition) is 4. The number of hydrogen-bond donors (Lipinski definition) is 1. The van der Waals surface area contributed by atoms with Crippen molar-refractivity contribution in [1.82, 2.24) is 0 Å². The second kappa shape index (κ2) is 10.5. The number of piperidine rings is 1. The lowest BCUT2D eigenvalue weighted by molar-refractivity contribution is -0.956. The van der Waals surface area contributed by atoms with Crippen molar-refractivity contribution in [3.05, 3.63) is 53.6 Å². The van der Waals surface area contributed by atoms with E-state index in [9.17, 15) is 18.0 Å². The summed E-state index contributed by atoms with van der Waals surface area (Å²) < 4.78 is 38.3. The Morgan fingerprint density at radius 3 is 2.49 bits per heavy atom. The summed E-state index contributed by atoms with van der Waals surface area (Å²) in [6, 6.07) is 16.1. The van der Waals surface area contributed by atoms with Gasteiger partial charge in [-0.25, -0.2) is 4.79 Å². The number of carbonyl (C=O) groups is 2. The van der Waals surface area contributed by atoms with E-state index in [1.165, 1.54) is 19.3 Å². The number of para-hydroxylation sites is 1. The molecule has 2 bridgehead atoms. The Balaban J connectivity index is 0.000000429. The Bertz CT molecular complexity index is 1070. The van der Waals surface area contributed by atoms with E-state index in [1.807, 2.05) is 48.5 Å².